The molecule has 0 spiro atoms. The maximum atomic E-state index is 14.6. The van der Waals surface area contributed by atoms with Gasteiger partial charge in [0.1, 0.15) is 23.1 Å². The number of urea groups is 3. The van der Waals surface area contributed by atoms with Gasteiger partial charge in [-0.1, -0.05) is 6.07 Å². The van der Waals surface area contributed by atoms with Crippen molar-refractivity contribution >= 4 is 85.3 Å². The summed E-state index contributed by atoms with van der Waals surface area (Å²) in [4.78, 5) is 61.7. The summed E-state index contributed by atoms with van der Waals surface area (Å²) < 4.78 is 166. The summed E-state index contributed by atoms with van der Waals surface area (Å²) >= 11 is 0. The molecule has 32 heteroatoms. The van der Waals surface area contributed by atoms with Crippen molar-refractivity contribution in [3.05, 3.63) is 234 Å². The minimum absolute atomic E-state index is 0.000351. The van der Waals surface area contributed by atoms with Gasteiger partial charge in [0.05, 0.1) is 95.8 Å². The third-order valence-corrected chi connectivity index (χ3v) is 13.6. The second-order valence-corrected chi connectivity index (χ2v) is 20.6. The highest BCUT2D eigenvalue weighted by Crippen LogP contribution is 2.36. The van der Waals surface area contributed by atoms with Crippen LogP contribution in [-0.2, 0) is 12.4 Å². The number of hydrogen-bond acceptors (Lipinski definition) is 16. The van der Waals surface area contributed by atoms with E-state index in [1.165, 1.54) is 88.5 Å². The van der Waals surface area contributed by atoms with E-state index in [9.17, 15) is 58.3 Å². The zero-order valence-corrected chi connectivity index (χ0v) is 52.1. The van der Waals surface area contributed by atoms with E-state index in [1.54, 1.807) is 78.9 Å². The van der Waals surface area contributed by atoms with Crippen LogP contribution in [0, 0.1) is 34.6 Å². The van der Waals surface area contributed by atoms with Gasteiger partial charge >= 0.3 is 30.4 Å². The normalized spacial score (nSPS) is 10.9. The van der Waals surface area contributed by atoms with Crippen molar-refractivity contribution in [1.82, 2.24) is 29.9 Å². The average Bonchev–Trinajstić information content (AvgIpc) is 0.889. The number of anilines is 6. The number of amides is 6. The topological polar surface area (TPSA) is 280 Å². The number of aromatic nitrogens is 6. The SMILES string of the molecule is COc1cnc2ccc(Oc3ccc(NC(=O)Nc4ccc(C#N)cc4)cc3F)cc2n1.COc1cnc2ccc(Oc3ccc(NC(=O)Nc4ccc(F)c(C(F)(F)F)c4)cc3F)cc2n1.COc1cnc2ccc(Oc3ccc(NC(=O)Nc4cccc(C(F)(F)F)c4)cc3F)cc2n1. The Morgan fingerprint density at radius 2 is 0.723 bits per heavy atom. The number of hydrogen-bond donors (Lipinski definition) is 6. The van der Waals surface area contributed by atoms with Gasteiger partial charge in [0, 0.05) is 70.5 Å². The summed E-state index contributed by atoms with van der Waals surface area (Å²) in [6, 6.07) is 38.0. The number of halogens is 10. The number of carbonyl (C=O) groups excluding carboxylic acids is 3. The molecule has 0 bridgehead atoms. The van der Waals surface area contributed by atoms with Gasteiger partial charge < -0.3 is 60.3 Å². The van der Waals surface area contributed by atoms with Gasteiger partial charge in [-0.2, -0.15) is 31.6 Å². The standard InChI is InChI=1S/C23H15F5N4O3.C23H16F4N4O3.C23H16FN5O3/c1-34-21-11-29-18-6-4-14(10-19(18)32-21)35-20-7-3-13(9-17(20)25)31-22(33)30-12-2-5-16(24)15(8-12)23(26,27)28;1-33-21-12-28-18-7-6-16(11-19(18)31-21)34-20-8-5-15(10-17(20)24)30-22(32)29-14-4-2-3-13(9-14)23(25,26)27;1-31-22-13-26-19-8-7-17(11-20(19)29-22)32-21-9-6-16(10-18(21)24)28-23(30)27-15-4-2-14(12-25)3-5-15/h2-11H,1H3,(H2,30,31,33);2-12H,1H3,(H2,29,30,32);2-11,13H,1H3,(H2,27,28,30). The molecule has 0 aliphatic rings. The Morgan fingerprint density at radius 3 is 1.07 bits per heavy atom. The average molecular weight is 1390 g/mol. The molecule has 9 aromatic carbocycles. The fourth-order valence-corrected chi connectivity index (χ4v) is 8.88. The smallest absolute Gasteiger partial charge is 0.419 e. The third-order valence-electron chi connectivity index (χ3n) is 13.6. The van der Waals surface area contributed by atoms with E-state index in [0.717, 1.165) is 36.4 Å². The quantitative estimate of drug-likeness (QED) is 0.0520. The highest BCUT2D eigenvalue weighted by Gasteiger charge is 2.34. The summed E-state index contributed by atoms with van der Waals surface area (Å²) in [6.45, 7) is 0. The van der Waals surface area contributed by atoms with Crippen molar-refractivity contribution in [3.8, 4) is 58.2 Å². The van der Waals surface area contributed by atoms with E-state index in [4.69, 9.17) is 33.7 Å². The predicted octanol–water partition coefficient (Wildman–Crippen LogP) is 17.7. The van der Waals surface area contributed by atoms with Crippen LogP contribution >= 0.6 is 0 Å². The maximum absolute atomic E-state index is 14.6. The van der Waals surface area contributed by atoms with E-state index in [0.29, 0.717) is 85.6 Å². The van der Waals surface area contributed by atoms with Gasteiger partial charge in [-0.25, -0.2) is 61.8 Å². The Morgan fingerprint density at radius 1 is 0.376 bits per heavy atom. The summed E-state index contributed by atoms with van der Waals surface area (Å²) in [7, 11) is 4.40. The molecule has 3 heterocycles. The van der Waals surface area contributed by atoms with Crippen LogP contribution in [0.1, 0.15) is 16.7 Å². The minimum atomic E-state index is -4.93. The van der Waals surface area contributed by atoms with Crippen molar-refractivity contribution in [2.45, 2.75) is 12.4 Å². The monoisotopic (exact) mass is 1390 g/mol. The molecule has 101 heavy (non-hydrogen) atoms. The summed E-state index contributed by atoms with van der Waals surface area (Å²) in [5.74, 6) is -2.08. The van der Waals surface area contributed by atoms with Gasteiger partial charge in [0.15, 0.2) is 34.7 Å². The van der Waals surface area contributed by atoms with E-state index in [-0.39, 0.29) is 51.4 Å². The van der Waals surface area contributed by atoms with Crippen LogP contribution in [0.4, 0.5) is 92.4 Å². The first-order chi connectivity index (χ1) is 48.4. The van der Waals surface area contributed by atoms with Crippen LogP contribution in [0.2, 0.25) is 0 Å². The highest BCUT2D eigenvalue weighted by atomic mass is 19.4. The zero-order chi connectivity index (χ0) is 72.0. The number of ether oxygens (including phenoxy) is 6. The first-order valence-electron chi connectivity index (χ1n) is 29.0. The van der Waals surface area contributed by atoms with E-state index >= 15 is 0 Å². The van der Waals surface area contributed by atoms with Crippen molar-refractivity contribution in [2.24, 2.45) is 0 Å². The van der Waals surface area contributed by atoms with Gasteiger partial charge in [0.2, 0.25) is 17.6 Å². The second-order valence-electron chi connectivity index (χ2n) is 20.6. The molecule has 12 aromatic rings. The number of benzene rings is 9. The number of nitrogens with zero attached hydrogens (tertiary/aromatic N) is 7. The number of nitriles is 1. The molecule has 0 saturated heterocycles. The van der Waals surface area contributed by atoms with Gasteiger partial charge in [-0.15, -0.1) is 0 Å². The molecule has 0 aliphatic heterocycles. The molecule has 0 saturated carbocycles. The lowest BCUT2D eigenvalue weighted by Crippen LogP contribution is -2.20. The molecule has 0 unspecified atom stereocenters. The van der Waals surface area contributed by atoms with E-state index < -0.39 is 64.8 Å². The zero-order valence-electron chi connectivity index (χ0n) is 52.1. The fourth-order valence-electron chi connectivity index (χ4n) is 8.88. The van der Waals surface area contributed by atoms with Crippen LogP contribution in [0.5, 0.6) is 52.1 Å². The Balaban J connectivity index is 0.000000164. The van der Waals surface area contributed by atoms with Crippen molar-refractivity contribution in [3.63, 3.8) is 0 Å². The molecule has 6 N–H and O–H groups in total. The Kier molecular flexibility index (Phi) is 21.6. The van der Waals surface area contributed by atoms with Crippen molar-refractivity contribution in [2.75, 3.05) is 53.2 Å². The van der Waals surface area contributed by atoms with Gasteiger partial charge in [-0.3, -0.25) is 0 Å². The molecule has 0 fully saturated rings. The lowest BCUT2D eigenvalue weighted by molar-refractivity contribution is -0.140. The van der Waals surface area contributed by atoms with Crippen LogP contribution in [0.15, 0.2) is 195 Å². The van der Waals surface area contributed by atoms with Crippen LogP contribution in [0.25, 0.3) is 33.1 Å². The van der Waals surface area contributed by atoms with Crippen LogP contribution in [0.3, 0.4) is 0 Å². The second kappa shape index (κ2) is 31.1. The van der Waals surface area contributed by atoms with Crippen molar-refractivity contribution < 1.29 is 86.7 Å². The summed E-state index contributed by atoms with van der Waals surface area (Å²) in [5.41, 5.74) is 1.81. The fraction of sp³-hybridized carbons (Fsp3) is 0.0725. The molecule has 0 aliphatic carbocycles. The molecule has 512 valence electrons. The Hall–Kier alpha value is -13.6. The first-order valence-corrected chi connectivity index (χ1v) is 29.0. The summed E-state index contributed by atoms with van der Waals surface area (Å²) in [5, 5.41) is 23.0. The molecular formula is C69H47F10N13O9. The largest absolute Gasteiger partial charge is 0.480 e. The lowest BCUT2D eigenvalue weighted by Gasteiger charge is -2.12. The Labute approximate surface area is 563 Å². The van der Waals surface area contributed by atoms with Crippen LogP contribution in [-0.4, -0.2) is 69.3 Å². The molecule has 0 atom stereocenters. The number of methoxy groups -OCH3 is 3. The summed E-state index contributed by atoms with van der Waals surface area (Å²) in [6.07, 6.45) is -5.05. The van der Waals surface area contributed by atoms with Gasteiger partial charge in [0.25, 0.3) is 0 Å². The van der Waals surface area contributed by atoms with Gasteiger partial charge in [-0.05, 0) is 133 Å². The third kappa shape index (κ3) is 18.9. The van der Waals surface area contributed by atoms with E-state index in [2.05, 4.69) is 61.8 Å². The number of carbonyl (C=O) groups is 3. The molecule has 3 aromatic heterocycles. The predicted molar refractivity (Wildman–Crippen MR) is 350 cm³/mol. The van der Waals surface area contributed by atoms with Crippen LogP contribution < -0.4 is 60.3 Å². The van der Waals surface area contributed by atoms with Crippen molar-refractivity contribution in [1.29, 1.82) is 5.26 Å². The number of alkyl halides is 6. The minimum Gasteiger partial charge on any atom is -0.480 e. The maximum Gasteiger partial charge on any atom is 0.419 e. The molecule has 12 rings (SSSR count). The first kappa shape index (κ1) is 70.2. The number of rotatable bonds is 15. The number of nitrogens with one attached hydrogen (secondary N) is 6. The molecule has 0 radical (unpaired) electrons. The Bertz CT molecular complexity index is 5110. The van der Waals surface area contributed by atoms with E-state index in [1.807, 2.05) is 6.07 Å². The lowest BCUT2D eigenvalue weighted by atomic mass is 10.2. The molecule has 22 nitrogen and oxygen atoms in total. The molecule has 6 amide bonds. The molecular weight excluding hydrogens is 1340 g/mol. The number of fused-ring (bicyclic) bond motifs is 3. The highest BCUT2D eigenvalue weighted by molar-refractivity contribution is 6.01.